The Kier molecular flexibility index (Phi) is 3.50. The molecule has 0 bridgehead atoms. The number of hydrogen-bond acceptors (Lipinski definition) is 4. The fraction of sp³-hybridized carbons (Fsp3) is 0.875. The normalized spacial score (nSPS) is 28.7. The topological polar surface area (TPSA) is 75.8 Å². The number of nitrogens with two attached hydrogens (primary N) is 1. The van der Waals surface area contributed by atoms with E-state index >= 15 is 0 Å². The highest BCUT2D eigenvalue weighted by Gasteiger charge is 2.28. The van der Waals surface area contributed by atoms with Gasteiger partial charge in [-0.3, -0.25) is 0 Å². The van der Waals surface area contributed by atoms with Crippen LogP contribution in [-0.4, -0.2) is 47.9 Å². The van der Waals surface area contributed by atoms with Crippen molar-refractivity contribution in [3.8, 4) is 0 Å². The Morgan fingerprint density at radius 2 is 2.46 bits per heavy atom. The second-order valence-corrected chi connectivity index (χ2v) is 3.16. The van der Waals surface area contributed by atoms with Gasteiger partial charge in [0.05, 0.1) is 19.3 Å². The average molecular weight is 188 g/mol. The number of carbonyl (C=O) groups is 1. The van der Waals surface area contributed by atoms with Gasteiger partial charge in [0.25, 0.3) is 0 Å². The first-order valence-corrected chi connectivity index (χ1v) is 4.50. The van der Waals surface area contributed by atoms with Crippen molar-refractivity contribution in [2.75, 3.05) is 19.7 Å². The monoisotopic (exact) mass is 188 g/mol. The standard InChI is InChI=1S/C8H16N2O3/c1-2-13-8(12)10-4-3-6(9)7(11)5-10/h6-7,11H,2-5,9H2,1H3/t6-,7-/m1/s1. The number of piperidine rings is 1. The minimum atomic E-state index is -0.627. The average Bonchev–Trinajstić information content (AvgIpc) is 2.10. The van der Waals surface area contributed by atoms with Crippen molar-refractivity contribution >= 4 is 6.09 Å². The van der Waals surface area contributed by atoms with Crippen LogP contribution >= 0.6 is 0 Å². The quantitative estimate of drug-likeness (QED) is 0.583. The van der Waals surface area contributed by atoms with E-state index in [1.165, 1.54) is 4.90 Å². The molecular formula is C8H16N2O3. The van der Waals surface area contributed by atoms with Crippen LogP contribution in [0.4, 0.5) is 4.79 Å². The Labute approximate surface area is 77.5 Å². The molecule has 0 radical (unpaired) electrons. The lowest BCUT2D eigenvalue weighted by Gasteiger charge is -2.33. The molecule has 5 heteroatoms. The number of nitrogens with zero attached hydrogens (tertiary/aromatic N) is 1. The summed E-state index contributed by atoms with van der Waals surface area (Å²) in [5.41, 5.74) is 5.59. The zero-order valence-corrected chi connectivity index (χ0v) is 7.77. The maximum absolute atomic E-state index is 11.2. The predicted octanol–water partition coefficient (Wildman–Crippen LogP) is -0.463. The lowest BCUT2D eigenvalue weighted by Crippen LogP contribution is -2.52. The van der Waals surface area contributed by atoms with Gasteiger partial charge in [-0.1, -0.05) is 0 Å². The molecule has 0 unspecified atom stereocenters. The van der Waals surface area contributed by atoms with E-state index in [0.29, 0.717) is 19.6 Å². The SMILES string of the molecule is CCOC(=O)N1CC[C@@H](N)[C@H](O)C1. The first-order chi connectivity index (χ1) is 6.15. The molecule has 76 valence electrons. The van der Waals surface area contributed by atoms with E-state index in [1.54, 1.807) is 6.92 Å². The lowest BCUT2D eigenvalue weighted by atomic mass is 10.0. The Bertz CT molecular complexity index is 186. The molecule has 1 rings (SSSR count). The van der Waals surface area contributed by atoms with Crippen LogP contribution in [0, 0.1) is 0 Å². The summed E-state index contributed by atoms with van der Waals surface area (Å²) in [4.78, 5) is 12.7. The van der Waals surface area contributed by atoms with Crippen LogP contribution in [-0.2, 0) is 4.74 Å². The van der Waals surface area contributed by atoms with Crippen LogP contribution in [0.3, 0.4) is 0 Å². The van der Waals surface area contributed by atoms with Gasteiger partial charge in [-0.2, -0.15) is 0 Å². The Morgan fingerprint density at radius 1 is 1.77 bits per heavy atom. The Morgan fingerprint density at radius 3 is 3.00 bits per heavy atom. The zero-order chi connectivity index (χ0) is 9.84. The molecule has 0 aliphatic carbocycles. The first kappa shape index (κ1) is 10.3. The van der Waals surface area contributed by atoms with Gasteiger partial charge < -0.3 is 20.5 Å². The van der Waals surface area contributed by atoms with Gasteiger partial charge in [0.15, 0.2) is 0 Å². The molecule has 0 aromatic heterocycles. The molecule has 1 aliphatic heterocycles. The third-order valence-electron chi connectivity index (χ3n) is 2.16. The molecule has 0 aromatic rings. The van der Waals surface area contributed by atoms with Gasteiger partial charge >= 0.3 is 6.09 Å². The Hall–Kier alpha value is -0.810. The van der Waals surface area contributed by atoms with Crippen molar-refractivity contribution in [1.82, 2.24) is 4.90 Å². The zero-order valence-electron chi connectivity index (χ0n) is 7.77. The number of likely N-dealkylation sites (tertiary alicyclic amines) is 1. The van der Waals surface area contributed by atoms with Gasteiger partial charge in [0, 0.05) is 12.6 Å². The van der Waals surface area contributed by atoms with E-state index in [2.05, 4.69) is 0 Å². The molecule has 1 heterocycles. The third kappa shape index (κ3) is 2.57. The first-order valence-electron chi connectivity index (χ1n) is 4.50. The molecule has 5 nitrogen and oxygen atoms in total. The molecule has 0 aromatic carbocycles. The van der Waals surface area contributed by atoms with Crippen LogP contribution in [0.2, 0.25) is 0 Å². The van der Waals surface area contributed by atoms with Crippen molar-refractivity contribution in [2.24, 2.45) is 5.73 Å². The third-order valence-corrected chi connectivity index (χ3v) is 2.16. The van der Waals surface area contributed by atoms with Gasteiger partial charge in [0.2, 0.25) is 0 Å². The summed E-state index contributed by atoms with van der Waals surface area (Å²) < 4.78 is 4.80. The van der Waals surface area contributed by atoms with Crippen molar-refractivity contribution in [3.63, 3.8) is 0 Å². The van der Waals surface area contributed by atoms with Crippen LogP contribution in [0.15, 0.2) is 0 Å². The molecule has 1 fully saturated rings. The minimum absolute atomic E-state index is 0.217. The van der Waals surface area contributed by atoms with Gasteiger partial charge in [0.1, 0.15) is 0 Å². The predicted molar refractivity (Wildman–Crippen MR) is 47.2 cm³/mol. The van der Waals surface area contributed by atoms with Gasteiger partial charge in [-0.05, 0) is 13.3 Å². The van der Waals surface area contributed by atoms with Crippen molar-refractivity contribution in [2.45, 2.75) is 25.5 Å². The summed E-state index contributed by atoms with van der Waals surface area (Å²) in [6.07, 6.45) is -0.369. The second kappa shape index (κ2) is 4.43. The maximum Gasteiger partial charge on any atom is 0.409 e. The highest BCUT2D eigenvalue weighted by Crippen LogP contribution is 2.10. The molecule has 0 spiro atoms. The van der Waals surface area contributed by atoms with Crippen molar-refractivity contribution in [3.05, 3.63) is 0 Å². The molecule has 3 N–H and O–H groups in total. The number of aliphatic hydroxyl groups excluding tert-OH is 1. The molecule has 2 atom stereocenters. The largest absolute Gasteiger partial charge is 0.450 e. The fourth-order valence-electron chi connectivity index (χ4n) is 1.33. The molecule has 13 heavy (non-hydrogen) atoms. The molecular weight excluding hydrogens is 172 g/mol. The molecule has 1 saturated heterocycles. The van der Waals surface area contributed by atoms with Crippen LogP contribution in [0.25, 0.3) is 0 Å². The van der Waals surface area contributed by atoms with E-state index in [0.717, 1.165) is 0 Å². The number of amides is 1. The van der Waals surface area contributed by atoms with Gasteiger partial charge in [-0.25, -0.2) is 4.79 Å². The lowest BCUT2D eigenvalue weighted by molar-refractivity contribution is 0.0402. The highest BCUT2D eigenvalue weighted by atomic mass is 16.6. The second-order valence-electron chi connectivity index (χ2n) is 3.16. The van der Waals surface area contributed by atoms with Crippen LogP contribution in [0.5, 0.6) is 0 Å². The summed E-state index contributed by atoms with van der Waals surface area (Å²) in [7, 11) is 0. The number of aliphatic hydroxyl groups is 1. The minimum Gasteiger partial charge on any atom is -0.450 e. The number of rotatable bonds is 1. The maximum atomic E-state index is 11.2. The van der Waals surface area contributed by atoms with E-state index < -0.39 is 6.10 Å². The van der Waals surface area contributed by atoms with E-state index in [1.807, 2.05) is 0 Å². The smallest absolute Gasteiger partial charge is 0.409 e. The molecule has 0 saturated carbocycles. The summed E-state index contributed by atoms with van der Waals surface area (Å²) in [5.74, 6) is 0. The summed E-state index contributed by atoms with van der Waals surface area (Å²) in [6, 6.07) is -0.217. The summed E-state index contributed by atoms with van der Waals surface area (Å²) in [6.45, 7) is 2.96. The van der Waals surface area contributed by atoms with Crippen LogP contribution < -0.4 is 5.73 Å². The van der Waals surface area contributed by atoms with Crippen LogP contribution in [0.1, 0.15) is 13.3 Å². The van der Waals surface area contributed by atoms with Crippen molar-refractivity contribution in [1.29, 1.82) is 0 Å². The van der Waals surface area contributed by atoms with E-state index in [-0.39, 0.29) is 18.7 Å². The number of hydrogen-bond donors (Lipinski definition) is 2. The van der Waals surface area contributed by atoms with Gasteiger partial charge in [-0.15, -0.1) is 0 Å². The molecule has 1 aliphatic rings. The van der Waals surface area contributed by atoms with E-state index in [9.17, 15) is 9.90 Å². The number of carbonyl (C=O) groups excluding carboxylic acids is 1. The molecule has 1 amide bonds. The fourth-order valence-corrected chi connectivity index (χ4v) is 1.33. The van der Waals surface area contributed by atoms with E-state index in [4.69, 9.17) is 10.5 Å². The summed E-state index contributed by atoms with van der Waals surface area (Å²) >= 11 is 0. The summed E-state index contributed by atoms with van der Waals surface area (Å²) in [5, 5.41) is 9.39. The highest BCUT2D eigenvalue weighted by molar-refractivity contribution is 5.67. The van der Waals surface area contributed by atoms with Crippen molar-refractivity contribution < 1.29 is 14.6 Å². The number of ether oxygens (including phenoxy) is 1. The number of β-amino-alcohol motifs (C(OH)–C–C–N with tert-alkyl or cyclic N) is 1. The Balaban J connectivity index is 2.40.